The fourth-order valence-electron chi connectivity index (χ4n) is 3.06. The summed E-state index contributed by atoms with van der Waals surface area (Å²) >= 11 is 0. The van der Waals surface area contributed by atoms with Crippen molar-refractivity contribution in [2.24, 2.45) is 5.73 Å². The zero-order valence-electron chi connectivity index (χ0n) is 12.3. The molecular formula is C16H24N2O2. The number of amides is 1. The van der Waals surface area contributed by atoms with E-state index in [-0.39, 0.29) is 17.7 Å². The molecule has 1 aliphatic carbocycles. The summed E-state index contributed by atoms with van der Waals surface area (Å²) in [5, 5.41) is 9.59. The second-order valence-corrected chi connectivity index (χ2v) is 5.73. The van der Waals surface area contributed by atoms with Crippen LogP contribution >= 0.6 is 0 Å². The Morgan fingerprint density at radius 2 is 2.10 bits per heavy atom. The average Bonchev–Trinajstić information content (AvgIpc) is 2.87. The second kappa shape index (κ2) is 5.83. The van der Waals surface area contributed by atoms with Crippen LogP contribution in [0.15, 0.2) is 24.3 Å². The highest BCUT2D eigenvalue weighted by Crippen LogP contribution is 2.32. The molecule has 3 N–H and O–H groups in total. The van der Waals surface area contributed by atoms with Crippen LogP contribution in [0.4, 0.5) is 0 Å². The van der Waals surface area contributed by atoms with Crippen LogP contribution < -0.4 is 5.73 Å². The number of rotatable bonds is 4. The van der Waals surface area contributed by atoms with Gasteiger partial charge in [-0.15, -0.1) is 0 Å². The molecule has 110 valence electrons. The van der Waals surface area contributed by atoms with Crippen LogP contribution in [0, 0.1) is 0 Å². The Bertz CT molecular complexity index is 481. The van der Waals surface area contributed by atoms with E-state index in [2.05, 4.69) is 0 Å². The van der Waals surface area contributed by atoms with Crippen molar-refractivity contribution in [2.75, 3.05) is 6.54 Å². The van der Waals surface area contributed by atoms with E-state index in [4.69, 9.17) is 5.73 Å². The van der Waals surface area contributed by atoms with Crippen LogP contribution in [-0.4, -0.2) is 28.0 Å². The molecule has 20 heavy (non-hydrogen) atoms. The van der Waals surface area contributed by atoms with E-state index in [9.17, 15) is 9.90 Å². The van der Waals surface area contributed by atoms with E-state index in [0.29, 0.717) is 6.54 Å². The van der Waals surface area contributed by atoms with E-state index < -0.39 is 5.54 Å². The molecule has 0 radical (unpaired) electrons. The van der Waals surface area contributed by atoms with Crippen molar-refractivity contribution >= 4 is 5.91 Å². The quantitative estimate of drug-likeness (QED) is 0.888. The molecule has 1 atom stereocenters. The van der Waals surface area contributed by atoms with Gasteiger partial charge < -0.3 is 15.7 Å². The number of hydrogen-bond donors (Lipinski definition) is 2. The molecule has 1 unspecified atom stereocenters. The predicted molar refractivity (Wildman–Crippen MR) is 79.3 cm³/mol. The van der Waals surface area contributed by atoms with Crippen molar-refractivity contribution < 1.29 is 9.90 Å². The molecule has 1 aliphatic rings. The standard InChI is InChI=1S/C16H24N2O2/c1-3-18(15(20)16(17)9-4-5-10-16)12(2)13-7-6-8-14(19)11-13/h6-8,11-12,19H,3-5,9-10,17H2,1-2H3. The molecule has 0 aromatic heterocycles. The lowest BCUT2D eigenvalue weighted by atomic mass is 9.95. The Morgan fingerprint density at radius 1 is 1.45 bits per heavy atom. The van der Waals surface area contributed by atoms with Crippen molar-refractivity contribution in [3.63, 3.8) is 0 Å². The minimum Gasteiger partial charge on any atom is -0.508 e. The molecule has 4 heteroatoms. The van der Waals surface area contributed by atoms with E-state index in [1.807, 2.05) is 24.8 Å². The number of aromatic hydroxyl groups is 1. The lowest BCUT2D eigenvalue weighted by Crippen LogP contribution is -2.54. The van der Waals surface area contributed by atoms with Crippen molar-refractivity contribution in [3.8, 4) is 5.75 Å². The first kappa shape index (κ1) is 14.9. The lowest BCUT2D eigenvalue weighted by molar-refractivity contribution is -0.138. The molecule has 1 amide bonds. The summed E-state index contributed by atoms with van der Waals surface area (Å²) in [5.41, 5.74) is 6.52. The molecule has 0 heterocycles. The Hall–Kier alpha value is -1.55. The van der Waals surface area contributed by atoms with Crippen molar-refractivity contribution in [2.45, 2.75) is 51.1 Å². The van der Waals surface area contributed by atoms with Crippen molar-refractivity contribution in [1.29, 1.82) is 0 Å². The van der Waals surface area contributed by atoms with Gasteiger partial charge in [0, 0.05) is 6.54 Å². The van der Waals surface area contributed by atoms with E-state index in [1.54, 1.807) is 18.2 Å². The first-order valence-corrected chi connectivity index (χ1v) is 7.37. The van der Waals surface area contributed by atoms with Gasteiger partial charge in [-0.3, -0.25) is 4.79 Å². The number of benzene rings is 1. The summed E-state index contributed by atoms with van der Waals surface area (Å²) in [6, 6.07) is 6.99. The zero-order chi connectivity index (χ0) is 14.8. The number of phenols is 1. The first-order valence-electron chi connectivity index (χ1n) is 7.37. The third kappa shape index (κ3) is 2.80. The fourth-order valence-corrected chi connectivity index (χ4v) is 3.06. The van der Waals surface area contributed by atoms with Crippen LogP contribution in [0.3, 0.4) is 0 Å². The molecule has 2 rings (SSSR count). The van der Waals surface area contributed by atoms with Gasteiger partial charge in [0.25, 0.3) is 0 Å². The van der Waals surface area contributed by atoms with Crippen LogP contribution in [0.2, 0.25) is 0 Å². The number of nitrogens with two attached hydrogens (primary N) is 1. The number of carbonyl (C=O) groups is 1. The number of hydrogen-bond acceptors (Lipinski definition) is 3. The minimum atomic E-state index is -0.693. The third-order valence-electron chi connectivity index (χ3n) is 4.34. The zero-order valence-corrected chi connectivity index (χ0v) is 12.3. The maximum Gasteiger partial charge on any atom is 0.243 e. The molecule has 0 saturated heterocycles. The van der Waals surface area contributed by atoms with Crippen LogP contribution in [0.5, 0.6) is 5.75 Å². The molecule has 1 aromatic rings. The molecular weight excluding hydrogens is 252 g/mol. The molecule has 0 aliphatic heterocycles. The summed E-state index contributed by atoms with van der Waals surface area (Å²) in [4.78, 5) is 14.6. The number of likely N-dealkylation sites (N-methyl/N-ethyl adjacent to an activating group) is 1. The molecule has 1 fully saturated rings. The van der Waals surface area contributed by atoms with Crippen LogP contribution in [-0.2, 0) is 4.79 Å². The minimum absolute atomic E-state index is 0.0355. The highest BCUT2D eigenvalue weighted by molar-refractivity contribution is 5.86. The lowest BCUT2D eigenvalue weighted by Gasteiger charge is -2.35. The number of nitrogens with zero attached hydrogens (tertiary/aromatic N) is 1. The van der Waals surface area contributed by atoms with Crippen molar-refractivity contribution in [1.82, 2.24) is 4.90 Å². The Morgan fingerprint density at radius 3 is 2.65 bits per heavy atom. The molecule has 4 nitrogen and oxygen atoms in total. The topological polar surface area (TPSA) is 66.6 Å². The molecule has 0 bridgehead atoms. The maximum atomic E-state index is 12.7. The largest absolute Gasteiger partial charge is 0.508 e. The summed E-state index contributed by atoms with van der Waals surface area (Å²) in [7, 11) is 0. The Kier molecular flexibility index (Phi) is 4.33. The summed E-state index contributed by atoms with van der Waals surface area (Å²) in [5.74, 6) is 0.259. The SMILES string of the molecule is CCN(C(=O)C1(N)CCCC1)C(C)c1cccc(O)c1. The normalized spacial score (nSPS) is 18.8. The number of phenolic OH excluding ortho intramolecular Hbond substituents is 1. The van der Waals surface area contributed by atoms with Gasteiger partial charge >= 0.3 is 0 Å². The fraction of sp³-hybridized carbons (Fsp3) is 0.562. The Balaban J connectivity index is 2.21. The summed E-state index contributed by atoms with van der Waals surface area (Å²) in [6.07, 6.45) is 3.60. The Labute approximate surface area is 120 Å². The third-order valence-corrected chi connectivity index (χ3v) is 4.34. The summed E-state index contributed by atoms with van der Waals surface area (Å²) in [6.45, 7) is 4.57. The maximum absolute atomic E-state index is 12.7. The van der Waals surface area contributed by atoms with E-state index in [1.165, 1.54) is 0 Å². The van der Waals surface area contributed by atoms with Crippen LogP contribution in [0.25, 0.3) is 0 Å². The highest BCUT2D eigenvalue weighted by Gasteiger charge is 2.40. The average molecular weight is 276 g/mol. The molecule has 0 spiro atoms. The van der Waals surface area contributed by atoms with Gasteiger partial charge in [-0.1, -0.05) is 25.0 Å². The van der Waals surface area contributed by atoms with Gasteiger partial charge in [-0.2, -0.15) is 0 Å². The second-order valence-electron chi connectivity index (χ2n) is 5.73. The smallest absolute Gasteiger partial charge is 0.243 e. The van der Waals surface area contributed by atoms with Gasteiger partial charge in [0.15, 0.2) is 0 Å². The van der Waals surface area contributed by atoms with E-state index in [0.717, 1.165) is 31.2 Å². The monoisotopic (exact) mass is 276 g/mol. The van der Waals surface area contributed by atoms with E-state index >= 15 is 0 Å². The predicted octanol–water partition coefficient (Wildman–Crippen LogP) is 2.57. The first-order chi connectivity index (χ1) is 9.48. The van der Waals surface area contributed by atoms with Gasteiger partial charge in [0.2, 0.25) is 5.91 Å². The van der Waals surface area contributed by atoms with Gasteiger partial charge in [0.05, 0.1) is 11.6 Å². The number of carbonyl (C=O) groups excluding carboxylic acids is 1. The van der Waals surface area contributed by atoms with Gasteiger partial charge in [0.1, 0.15) is 5.75 Å². The van der Waals surface area contributed by atoms with Crippen LogP contribution in [0.1, 0.15) is 51.1 Å². The highest BCUT2D eigenvalue weighted by atomic mass is 16.3. The van der Waals surface area contributed by atoms with Crippen molar-refractivity contribution in [3.05, 3.63) is 29.8 Å². The van der Waals surface area contributed by atoms with Gasteiger partial charge in [-0.25, -0.2) is 0 Å². The van der Waals surface area contributed by atoms with Gasteiger partial charge in [-0.05, 0) is 44.4 Å². The summed E-state index contributed by atoms with van der Waals surface area (Å²) < 4.78 is 0. The molecule has 1 aromatic carbocycles. The molecule has 1 saturated carbocycles.